The van der Waals surface area contributed by atoms with Gasteiger partial charge in [0.2, 0.25) is 0 Å². The van der Waals surface area contributed by atoms with Gasteiger partial charge in [-0.1, -0.05) is 20.3 Å². The minimum atomic E-state index is 0.489. The molecule has 0 bridgehead atoms. The van der Waals surface area contributed by atoms with Crippen LogP contribution in [0.2, 0.25) is 0 Å². The monoisotopic (exact) mass is 282 g/mol. The van der Waals surface area contributed by atoms with E-state index in [0.29, 0.717) is 11.9 Å². The zero-order valence-electron chi connectivity index (χ0n) is 12.3. The Bertz CT molecular complexity index is 555. The molecule has 0 amide bonds. The largest absolute Gasteiger partial charge is 0.310 e. The maximum Gasteiger partial charge on any atom is 0.158 e. The van der Waals surface area contributed by atoms with Gasteiger partial charge in [0, 0.05) is 25.4 Å². The number of alkyl halides is 1. The van der Waals surface area contributed by atoms with E-state index < -0.39 is 0 Å². The molecule has 0 fully saturated rings. The molecule has 19 heavy (non-hydrogen) atoms. The number of hydrogen-bond donors (Lipinski definition) is 0. The van der Waals surface area contributed by atoms with E-state index in [1.165, 1.54) is 12.8 Å². The van der Waals surface area contributed by atoms with Crippen LogP contribution in [0, 0.1) is 6.92 Å². The van der Waals surface area contributed by atoms with Crippen molar-refractivity contribution >= 4 is 22.8 Å². The number of nitrogens with zero attached hydrogens (tertiary/aromatic N) is 4. The number of fused-ring (bicyclic) bond motifs is 1. The summed E-state index contributed by atoms with van der Waals surface area (Å²) in [6, 6.07) is 0.489. The van der Waals surface area contributed by atoms with Crippen LogP contribution in [0.4, 0.5) is 0 Å². The van der Waals surface area contributed by atoms with Gasteiger partial charge in [-0.25, -0.2) is 4.98 Å². The first-order chi connectivity index (χ1) is 9.13. The van der Waals surface area contributed by atoms with Gasteiger partial charge in [-0.05, 0) is 19.8 Å². The molecule has 2 heterocycles. The van der Waals surface area contributed by atoms with E-state index in [-0.39, 0.29) is 0 Å². The summed E-state index contributed by atoms with van der Waals surface area (Å²) in [6.45, 7) is 6.48. The molecule has 2 aromatic heterocycles. The van der Waals surface area contributed by atoms with Gasteiger partial charge < -0.3 is 4.57 Å². The predicted octanol–water partition coefficient (Wildman–Crippen LogP) is 3.61. The third-order valence-corrected chi connectivity index (χ3v) is 3.87. The second-order valence-electron chi connectivity index (χ2n) is 5.07. The lowest BCUT2D eigenvalue weighted by Gasteiger charge is -2.19. The Morgan fingerprint density at radius 2 is 2.05 bits per heavy atom. The van der Waals surface area contributed by atoms with E-state index in [0.717, 1.165) is 35.5 Å². The van der Waals surface area contributed by atoms with Crippen LogP contribution in [0.5, 0.6) is 0 Å². The molecule has 1 unspecified atom stereocenters. The van der Waals surface area contributed by atoms with Crippen molar-refractivity contribution in [1.29, 1.82) is 0 Å². The fraction of sp³-hybridized carbons (Fsp3) is 0.714. The summed E-state index contributed by atoms with van der Waals surface area (Å²) in [5.41, 5.74) is 3.16. The van der Waals surface area contributed by atoms with Crippen LogP contribution in [0.3, 0.4) is 0 Å². The molecule has 0 aliphatic rings. The van der Waals surface area contributed by atoms with Crippen LogP contribution in [-0.2, 0) is 13.5 Å². The zero-order valence-corrected chi connectivity index (χ0v) is 13.0. The normalized spacial score (nSPS) is 13.3. The average molecular weight is 283 g/mol. The first-order valence-electron chi connectivity index (χ1n) is 7.10. The molecule has 0 aliphatic carbocycles. The van der Waals surface area contributed by atoms with E-state index in [4.69, 9.17) is 16.6 Å². The minimum absolute atomic E-state index is 0.489. The van der Waals surface area contributed by atoms with Crippen molar-refractivity contribution < 1.29 is 0 Å². The number of rotatable bonds is 6. The van der Waals surface area contributed by atoms with Gasteiger partial charge in [0.25, 0.3) is 0 Å². The Kier molecular flexibility index (Phi) is 4.50. The fourth-order valence-corrected chi connectivity index (χ4v) is 3.00. The molecule has 106 valence electrons. The zero-order chi connectivity index (χ0) is 14.0. The van der Waals surface area contributed by atoms with Crippen LogP contribution in [0.15, 0.2) is 0 Å². The van der Waals surface area contributed by atoms with Crippen molar-refractivity contribution in [2.75, 3.05) is 5.88 Å². The molecule has 0 radical (unpaired) electrons. The Morgan fingerprint density at radius 3 is 2.63 bits per heavy atom. The number of imidazole rings is 1. The maximum atomic E-state index is 5.93. The standard InChI is InChI=1S/C14H23ClN4/c1-5-7-11(6-2)19-12(8-9-15)16-13-10(3)17-18(4)14(13)19/h11H,5-9H2,1-4H3. The van der Waals surface area contributed by atoms with Gasteiger partial charge in [0.1, 0.15) is 11.3 Å². The van der Waals surface area contributed by atoms with Crippen molar-refractivity contribution in [2.24, 2.45) is 7.05 Å². The fourth-order valence-electron chi connectivity index (χ4n) is 2.83. The highest BCUT2D eigenvalue weighted by molar-refractivity contribution is 6.17. The summed E-state index contributed by atoms with van der Waals surface area (Å²) in [7, 11) is 2.00. The van der Waals surface area contributed by atoms with E-state index in [2.05, 4.69) is 23.5 Å². The molecule has 0 spiro atoms. The Labute approximate surface area is 119 Å². The average Bonchev–Trinajstić information content (AvgIpc) is 2.87. The lowest BCUT2D eigenvalue weighted by molar-refractivity contribution is 0.438. The summed E-state index contributed by atoms with van der Waals surface area (Å²) in [4.78, 5) is 4.77. The van der Waals surface area contributed by atoms with E-state index in [1.54, 1.807) is 0 Å². The molecule has 0 N–H and O–H groups in total. The highest BCUT2D eigenvalue weighted by Crippen LogP contribution is 2.28. The van der Waals surface area contributed by atoms with Crippen molar-refractivity contribution in [1.82, 2.24) is 19.3 Å². The highest BCUT2D eigenvalue weighted by atomic mass is 35.5. The molecular weight excluding hydrogens is 260 g/mol. The van der Waals surface area contributed by atoms with Gasteiger partial charge in [-0.15, -0.1) is 11.6 Å². The topological polar surface area (TPSA) is 35.6 Å². The van der Waals surface area contributed by atoms with Gasteiger partial charge in [-0.2, -0.15) is 5.10 Å². The van der Waals surface area contributed by atoms with Crippen LogP contribution in [0.1, 0.15) is 50.7 Å². The quantitative estimate of drug-likeness (QED) is 0.759. The third-order valence-electron chi connectivity index (χ3n) is 3.68. The molecule has 0 saturated carbocycles. The summed E-state index contributed by atoms with van der Waals surface area (Å²) in [6.07, 6.45) is 4.27. The molecule has 2 aromatic rings. The maximum absolute atomic E-state index is 5.93. The van der Waals surface area contributed by atoms with Crippen molar-refractivity contribution in [3.05, 3.63) is 11.5 Å². The van der Waals surface area contributed by atoms with Gasteiger partial charge in [-0.3, -0.25) is 4.68 Å². The number of hydrogen-bond acceptors (Lipinski definition) is 2. The second kappa shape index (κ2) is 5.95. The first kappa shape index (κ1) is 14.4. The molecule has 1 atom stereocenters. The molecule has 0 aromatic carbocycles. The molecule has 0 saturated heterocycles. The van der Waals surface area contributed by atoms with Crippen LogP contribution in [-0.4, -0.2) is 25.2 Å². The van der Waals surface area contributed by atoms with Crippen molar-refractivity contribution in [2.45, 2.75) is 52.5 Å². The summed E-state index contributed by atoms with van der Waals surface area (Å²) in [5, 5.41) is 4.49. The Hall–Kier alpha value is -1.03. The van der Waals surface area contributed by atoms with Crippen LogP contribution < -0.4 is 0 Å². The van der Waals surface area contributed by atoms with Gasteiger partial charge >= 0.3 is 0 Å². The molecule has 2 rings (SSSR count). The molecule has 0 aliphatic heterocycles. The van der Waals surface area contributed by atoms with Gasteiger partial charge in [0.05, 0.1) is 5.69 Å². The van der Waals surface area contributed by atoms with Crippen LogP contribution in [0.25, 0.3) is 11.2 Å². The lowest BCUT2D eigenvalue weighted by atomic mass is 10.1. The second-order valence-corrected chi connectivity index (χ2v) is 5.45. The minimum Gasteiger partial charge on any atom is -0.310 e. The smallest absolute Gasteiger partial charge is 0.158 e. The third kappa shape index (κ3) is 2.50. The summed E-state index contributed by atoms with van der Waals surface area (Å²) in [5.74, 6) is 1.71. The Morgan fingerprint density at radius 1 is 1.32 bits per heavy atom. The number of aromatic nitrogens is 4. The van der Waals surface area contributed by atoms with Crippen LogP contribution >= 0.6 is 11.6 Å². The van der Waals surface area contributed by atoms with Gasteiger partial charge in [0.15, 0.2) is 5.65 Å². The number of aryl methyl sites for hydroxylation is 3. The lowest BCUT2D eigenvalue weighted by Crippen LogP contribution is -2.14. The van der Waals surface area contributed by atoms with Crippen molar-refractivity contribution in [3.63, 3.8) is 0 Å². The highest BCUT2D eigenvalue weighted by Gasteiger charge is 2.21. The molecular formula is C14H23ClN4. The summed E-state index contributed by atoms with van der Waals surface area (Å²) < 4.78 is 4.31. The van der Waals surface area contributed by atoms with E-state index >= 15 is 0 Å². The van der Waals surface area contributed by atoms with Crippen molar-refractivity contribution in [3.8, 4) is 0 Å². The van der Waals surface area contributed by atoms with E-state index in [1.807, 2.05) is 18.7 Å². The molecule has 4 nitrogen and oxygen atoms in total. The summed E-state index contributed by atoms with van der Waals surface area (Å²) >= 11 is 5.93. The predicted molar refractivity (Wildman–Crippen MR) is 79.9 cm³/mol. The number of halogens is 1. The first-order valence-corrected chi connectivity index (χ1v) is 7.63. The molecule has 5 heteroatoms. The SMILES string of the molecule is CCCC(CC)n1c(CCCl)nc2c(C)nn(C)c21. The Balaban J connectivity index is 2.62. The van der Waals surface area contributed by atoms with E-state index in [9.17, 15) is 0 Å².